The number of rotatable bonds is 6. The van der Waals surface area contributed by atoms with Crippen molar-refractivity contribution in [1.82, 2.24) is 14.8 Å². The number of nitrogens with zero attached hydrogens (tertiary/aromatic N) is 3. The van der Waals surface area contributed by atoms with Crippen LogP contribution in [0.2, 0.25) is 0 Å². The molecule has 26 heavy (non-hydrogen) atoms. The van der Waals surface area contributed by atoms with E-state index in [0.717, 1.165) is 31.2 Å². The largest absolute Gasteiger partial charge is 0.462 e. The first-order valence-corrected chi connectivity index (χ1v) is 10.3. The summed E-state index contributed by atoms with van der Waals surface area (Å²) in [5.74, 6) is -0.516. The molecule has 0 saturated heterocycles. The summed E-state index contributed by atoms with van der Waals surface area (Å²) in [6.07, 6.45) is 5.58. The number of esters is 1. The van der Waals surface area contributed by atoms with E-state index < -0.39 is 0 Å². The number of nitrogens with one attached hydrogen (secondary N) is 1. The third-order valence-corrected chi connectivity index (χ3v) is 6.56. The average molecular weight is 395 g/mol. The molecule has 0 spiro atoms. The maximum Gasteiger partial charge on any atom is 0.341 e. The molecule has 7 nitrogen and oxygen atoms in total. The van der Waals surface area contributed by atoms with Crippen molar-refractivity contribution in [2.45, 2.75) is 49.9 Å². The second kappa shape index (κ2) is 8.22. The summed E-state index contributed by atoms with van der Waals surface area (Å²) < 4.78 is 6.99. The molecule has 1 N–H and O–H groups in total. The van der Waals surface area contributed by atoms with Crippen molar-refractivity contribution in [3.8, 4) is 0 Å². The van der Waals surface area contributed by atoms with Gasteiger partial charge in [0.25, 0.3) is 0 Å². The van der Waals surface area contributed by atoms with E-state index in [4.69, 9.17) is 4.74 Å². The van der Waals surface area contributed by atoms with E-state index in [1.807, 2.05) is 14.0 Å². The number of aromatic nitrogens is 3. The molecule has 2 heterocycles. The van der Waals surface area contributed by atoms with Crippen molar-refractivity contribution >= 4 is 40.0 Å². The molecule has 1 amide bonds. The first kappa shape index (κ1) is 18.9. The maximum absolute atomic E-state index is 12.7. The van der Waals surface area contributed by atoms with Crippen molar-refractivity contribution in [2.75, 3.05) is 11.9 Å². The Labute approximate surface area is 160 Å². The SMILES string of the molecule is CCOC(=O)c1c(NC(=O)C(C)Sc2nncn2C)sc2c1CCCC2. The lowest BCUT2D eigenvalue weighted by atomic mass is 9.95. The molecule has 1 aliphatic rings. The van der Waals surface area contributed by atoms with Gasteiger partial charge >= 0.3 is 5.97 Å². The highest BCUT2D eigenvalue weighted by Gasteiger charge is 2.28. The van der Waals surface area contributed by atoms with Gasteiger partial charge in [-0.1, -0.05) is 11.8 Å². The fourth-order valence-electron chi connectivity index (χ4n) is 2.88. The normalized spacial score (nSPS) is 14.6. The van der Waals surface area contributed by atoms with E-state index in [1.165, 1.54) is 28.0 Å². The molecule has 0 bridgehead atoms. The molecular formula is C17H22N4O3S2. The smallest absolute Gasteiger partial charge is 0.341 e. The third kappa shape index (κ3) is 3.93. The van der Waals surface area contributed by atoms with Gasteiger partial charge in [0, 0.05) is 11.9 Å². The Kier molecular flexibility index (Phi) is 5.98. The van der Waals surface area contributed by atoms with Crippen LogP contribution in [0.25, 0.3) is 0 Å². The highest BCUT2D eigenvalue weighted by atomic mass is 32.2. The first-order chi connectivity index (χ1) is 12.5. The van der Waals surface area contributed by atoms with Crippen LogP contribution in [-0.2, 0) is 29.4 Å². The number of fused-ring (bicyclic) bond motifs is 1. The zero-order chi connectivity index (χ0) is 18.7. The van der Waals surface area contributed by atoms with Crippen molar-refractivity contribution in [3.63, 3.8) is 0 Å². The van der Waals surface area contributed by atoms with Gasteiger partial charge in [-0.2, -0.15) is 0 Å². The Bertz CT molecular complexity index is 815. The summed E-state index contributed by atoms with van der Waals surface area (Å²) in [7, 11) is 1.83. The van der Waals surface area contributed by atoms with Crippen LogP contribution in [0.5, 0.6) is 0 Å². The fourth-order valence-corrected chi connectivity index (χ4v) is 4.95. The van der Waals surface area contributed by atoms with Gasteiger partial charge in [-0.15, -0.1) is 21.5 Å². The number of carbonyl (C=O) groups excluding carboxylic acids is 2. The predicted molar refractivity (Wildman–Crippen MR) is 102 cm³/mol. The van der Waals surface area contributed by atoms with Gasteiger partial charge in [0.15, 0.2) is 5.16 Å². The van der Waals surface area contributed by atoms with Gasteiger partial charge in [-0.25, -0.2) is 4.79 Å². The number of thiophene rings is 1. The summed E-state index contributed by atoms with van der Waals surface area (Å²) in [6, 6.07) is 0. The predicted octanol–water partition coefficient (Wildman–Crippen LogP) is 3.05. The van der Waals surface area contributed by atoms with Gasteiger partial charge in [0.2, 0.25) is 5.91 Å². The minimum Gasteiger partial charge on any atom is -0.462 e. The molecule has 9 heteroatoms. The van der Waals surface area contributed by atoms with Crippen LogP contribution >= 0.6 is 23.1 Å². The second-order valence-corrected chi connectivity index (χ2v) is 8.52. The monoisotopic (exact) mass is 394 g/mol. The number of thioether (sulfide) groups is 1. The molecule has 2 aromatic rings. The number of hydrogen-bond acceptors (Lipinski definition) is 7. The number of anilines is 1. The summed E-state index contributed by atoms with van der Waals surface area (Å²) in [5, 5.41) is 11.7. The first-order valence-electron chi connectivity index (χ1n) is 8.64. The molecular weight excluding hydrogens is 372 g/mol. The Balaban J connectivity index is 1.80. The number of amides is 1. The van der Waals surface area contributed by atoms with Crippen molar-refractivity contribution in [3.05, 3.63) is 22.3 Å². The highest BCUT2D eigenvalue weighted by Crippen LogP contribution is 2.39. The molecule has 1 aliphatic carbocycles. The topological polar surface area (TPSA) is 86.1 Å². The molecule has 0 radical (unpaired) electrons. The van der Waals surface area contributed by atoms with Gasteiger partial charge in [-0.3, -0.25) is 4.79 Å². The molecule has 0 aliphatic heterocycles. The van der Waals surface area contributed by atoms with Crippen LogP contribution in [0.3, 0.4) is 0 Å². The third-order valence-electron chi connectivity index (χ3n) is 4.21. The number of carbonyl (C=O) groups is 2. The van der Waals surface area contributed by atoms with Gasteiger partial charge < -0.3 is 14.6 Å². The Morgan fingerprint density at radius 3 is 2.88 bits per heavy atom. The highest BCUT2D eigenvalue weighted by molar-refractivity contribution is 8.00. The summed E-state index contributed by atoms with van der Waals surface area (Å²) in [4.78, 5) is 26.3. The summed E-state index contributed by atoms with van der Waals surface area (Å²) >= 11 is 2.83. The average Bonchev–Trinajstić information content (AvgIpc) is 3.18. The lowest BCUT2D eigenvalue weighted by Gasteiger charge is -2.13. The Morgan fingerprint density at radius 2 is 2.19 bits per heavy atom. The molecule has 0 aromatic carbocycles. The molecule has 0 fully saturated rings. The quantitative estimate of drug-likeness (QED) is 0.599. The van der Waals surface area contributed by atoms with E-state index >= 15 is 0 Å². The van der Waals surface area contributed by atoms with Crippen LogP contribution in [0.1, 0.15) is 47.5 Å². The molecule has 1 atom stereocenters. The standard InChI is InChI=1S/C17H22N4O3S2/c1-4-24-16(23)13-11-7-5-6-8-12(11)26-15(13)19-14(22)10(2)25-17-20-18-9-21(17)3/h9-10H,4-8H2,1-3H3,(H,19,22). The minimum atomic E-state index is -0.368. The van der Waals surface area contributed by atoms with E-state index in [2.05, 4.69) is 15.5 Å². The van der Waals surface area contributed by atoms with Crippen LogP contribution in [0.4, 0.5) is 5.00 Å². The van der Waals surface area contributed by atoms with Crippen molar-refractivity contribution < 1.29 is 14.3 Å². The van der Waals surface area contributed by atoms with E-state index in [0.29, 0.717) is 22.3 Å². The molecule has 0 saturated carbocycles. The Morgan fingerprint density at radius 1 is 1.42 bits per heavy atom. The molecule has 1 unspecified atom stereocenters. The van der Waals surface area contributed by atoms with Crippen LogP contribution in [-0.4, -0.2) is 38.5 Å². The van der Waals surface area contributed by atoms with Crippen LogP contribution < -0.4 is 5.32 Å². The lowest BCUT2D eigenvalue weighted by molar-refractivity contribution is -0.115. The zero-order valence-electron chi connectivity index (χ0n) is 15.1. The lowest BCUT2D eigenvalue weighted by Crippen LogP contribution is -2.23. The summed E-state index contributed by atoms with van der Waals surface area (Å²) in [6.45, 7) is 3.91. The number of hydrogen-bond donors (Lipinski definition) is 1. The number of ether oxygens (including phenoxy) is 1. The maximum atomic E-state index is 12.7. The van der Waals surface area contributed by atoms with Gasteiger partial charge in [0.1, 0.15) is 11.3 Å². The van der Waals surface area contributed by atoms with Gasteiger partial charge in [-0.05, 0) is 45.1 Å². The number of aryl methyl sites for hydroxylation is 2. The van der Waals surface area contributed by atoms with Crippen LogP contribution in [0.15, 0.2) is 11.5 Å². The Hall–Kier alpha value is -1.87. The molecule has 3 rings (SSSR count). The van der Waals surface area contributed by atoms with Gasteiger partial charge in [0.05, 0.1) is 17.4 Å². The zero-order valence-corrected chi connectivity index (χ0v) is 16.7. The fraction of sp³-hybridized carbons (Fsp3) is 0.529. The van der Waals surface area contributed by atoms with Crippen LogP contribution in [0, 0.1) is 0 Å². The van der Waals surface area contributed by atoms with Crippen molar-refractivity contribution in [1.29, 1.82) is 0 Å². The summed E-state index contributed by atoms with van der Waals surface area (Å²) in [5.41, 5.74) is 1.58. The molecule has 140 valence electrons. The second-order valence-electron chi connectivity index (χ2n) is 6.11. The molecule has 2 aromatic heterocycles. The van der Waals surface area contributed by atoms with Crippen molar-refractivity contribution in [2.24, 2.45) is 7.05 Å². The van der Waals surface area contributed by atoms with E-state index in [-0.39, 0.29) is 17.1 Å². The van der Waals surface area contributed by atoms with E-state index in [9.17, 15) is 9.59 Å². The minimum absolute atomic E-state index is 0.165. The van der Waals surface area contributed by atoms with E-state index in [1.54, 1.807) is 17.8 Å².